The molecule has 27 heavy (non-hydrogen) atoms. The van der Waals surface area contributed by atoms with E-state index in [1.54, 1.807) is 12.1 Å². The third-order valence-electron chi connectivity index (χ3n) is 5.10. The number of fused-ring (bicyclic) bond motifs is 1. The number of hydrogen-bond acceptors (Lipinski definition) is 4. The number of carboxylic acids is 1. The largest absolute Gasteiger partial charge is 0.481 e. The van der Waals surface area contributed by atoms with Crippen molar-refractivity contribution in [3.05, 3.63) is 40.5 Å². The van der Waals surface area contributed by atoms with Crippen molar-refractivity contribution in [3.8, 4) is 0 Å². The number of amides is 2. The number of hydrogen-bond donors (Lipinski definition) is 2. The third-order valence-corrected chi connectivity index (χ3v) is 5.10. The van der Waals surface area contributed by atoms with Crippen LogP contribution in [0.25, 0.3) is 6.08 Å². The van der Waals surface area contributed by atoms with Gasteiger partial charge in [0.2, 0.25) is 5.91 Å². The molecule has 7 heteroatoms. The monoisotopic (exact) mass is 370 g/mol. The van der Waals surface area contributed by atoms with Crippen LogP contribution in [-0.4, -0.2) is 39.6 Å². The summed E-state index contributed by atoms with van der Waals surface area (Å²) in [7, 11) is 0. The second-order valence-corrected chi connectivity index (χ2v) is 7.00. The Labute approximate surface area is 156 Å². The quantitative estimate of drug-likeness (QED) is 0.742. The molecule has 3 rings (SSSR count). The summed E-state index contributed by atoms with van der Waals surface area (Å²) in [6.07, 6.45) is 4.87. The first-order valence-electron chi connectivity index (χ1n) is 9.05. The molecule has 2 aliphatic rings. The van der Waals surface area contributed by atoms with Crippen molar-refractivity contribution < 1.29 is 24.3 Å². The highest BCUT2D eigenvalue weighted by Gasteiger charge is 2.35. The van der Waals surface area contributed by atoms with Crippen molar-refractivity contribution in [3.63, 3.8) is 0 Å². The van der Waals surface area contributed by atoms with Gasteiger partial charge in [-0.3, -0.25) is 19.2 Å². The van der Waals surface area contributed by atoms with Gasteiger partial charge in [0.05, 0.1) is 0 Å². The lowest BCUT2D eigenvalue weighted by Crippen LogP contribution is -2.45. The SMILES string of the molecule is NC(=O)C(CCC(=O)O)N1Cc2cc(/C=C3\CCCCC3=O)ccc2C1=O. The van der Waals surface area contributed by atoms with Crippen molar-refractivity contribution in [1.29, 1.82) is 0 Å². The number of nitrogens with two attached hydrogens (primary N) is 1. The smallest absolute Gasteiger partial charge is 0.303 e. The summed E-state index contributed by atoms with van der Waals surface area (Å²) in [6.45, 7) is 0.201. The van der Waals surface area contributed by atoms with Gasteiger partial charge in [0.1, 0.15) is 6.04 Å². The molecule has 1 aromatic rings. The van der Waals surface area contributed by atoms with Crippen LogP contribution in [0.15, 0.2) is 23.8 Å². The van der Waals surface area contributed by atoms with Crippen molar-refractivity contribution in [2.45, 2.75) is 51.1 Å². The topological polar surface area (TPSA) is 118 Å². The molecule has 1 aromatic carbocycles. The number of carbonyl (C=O) groups excluding carboxylic acids is 3. The Balaban J connectivity index is 1.82. The summed E-state index contributed by atoms with van der Waals surface area (Å²) in [5.74, 6) is -1.92. The van der Waals surface area contributed by atoms with E-state index in [2.05, 4.69) is 0 Å². The molecule has 1 saturated carbocycles. The zero-order valence-electron chi connectivity index (χ0n) is 14.9. The first-order chi connectivity index (χ1) is 12.9. The molecule has 1 unspecified atom stereocenters. The highest BCUT2D eigenvalue weighted by Crippen LogP contribution is 2.29. The average Bonchev–Trinajstić information content (AvgIpc) is 2.93. The highest BCUT2D eigenvalue weighted by molar-refractivity contribution is 6.02. The first kappa shape index (κ1) is 18.8. The highest BCUT2D eigenvalue weighted by atomic mass is 16.4. The molecule has 0 aromatic heterocycles. The van der Waals surface area contributed by atoms with Gasteiger partial charge >= 0.3 is 5.97 Å². The molecule has 142 valence electrons. The molecule has 3 N–H and O–H groups in total. The summed E-state index contributed by atoms with van der Waals surface area (Å²) in [6, 6.07) is 4.36. The molecular formula is C20H22N2O5. The number of benzene rings is 1. The van der Waals surface area contributed by atoms with Crippen LogP contribution in [0.3, 0.4) is 0 Å². The lowest BCUT2D eigenvalue weighted by molar-refractivity contribution is -0.137. The van der Waals surface area contributed by atoms with Crippen molar-refractivity contribution in [2.24, 2.45) is 5.73 Å². The standard InChI is InChI=1S/C20H22N2O5/c21-19(26)16(7-8-18(24)25)22-11-14-10-12(5-6-15(14)20(22)27)9-13-3-1-2-4-17(13)23/h5-6,9-10,16H,1-4,7-8,11H2,(H2,21,26)(H,24,25)/b13-9+. The molecule has 7 nitrogen and oxygen atoms in total. The van der Waals surface area contributed by atoms with Crippen molar-refractivity contribution in [1.82, 2.24) is 4.90 Å². The van der Waals surface area contributed by atoms with Gasteiger partial charge in [0.15, 0.2) is 5.78 Å². The lowest BCUT2D eigenvalue weighted by Gasteiger charge is -2.24. The van der Waals surface area contributed by atoms with E-state index in [9.17, 15) is 19.2 Å². The van der Waals surface area contributed by atoms with Gasteiger partial charge in [-0.05, 0) is 60.6 Å². The second-order valence-electron chi connectivity index (χ2n) is 7.00. The normalized spacial score (nSPS) is 19.3. The van der Waals surface area contributed by atoms with Gasteiger partial charge in [-0.2, -0.15) is 0 Å². The molecule has 0 spiro atoms. The molecule has 0 radical (unpaired) electrons. The fourth-order valence-electron chi connectivity index (χ4n) is 3.67. The lowest BCUT2D eigenvalue weighted by atomic mass is 9.91. The summed E-state index contributed by atoms with van der Waals surface area (Å²) in [5.41, 5.74) is 8.27. The van der Waals surface area contributed by atoms with Crippen LogP contribution in [0.5, 0.6) is 0 Å². The fourth-order valence-corrected chi connectivity index (χ4v) is 3.67. The van der Waals surface area contributed by atoms with Gasteiger partial charge in [-0.15, -0.1) is 0 Å². The van der Waals surface area contributed by atoms with E-state index in [0.29, 0.717) is 12.0 Å². The van der Waals surface area contributed by atoms with E-state index in [1.807, 2.05) is 12.1 Å². The maximum Gasteiger partial charge on any atom is 0.303 e. The van der Waals surface area contributed by atoms with Crippen molar-refractivity contribution in [2.75, 3.05) is 0 Å². The minimum absolute atomic E-state index is 0.0181. The van der Waals surface area contributed by atoms with Gasteiger partial charge in [-0.1, -0.05) is 6.07 Å². The third kappa shape index (κ3) is 4.07. The predicted octanol–water partition coefficient (Wildman–Crippen LogP) is 1.89. The summed E-state index contributed by atoms with van der Waals surface area (Å²) < 4.78 is 0. The molecule has 1 atom stereocenters. The van der Waals surface area contributed by atoms with E-state index in [1.165, 1.54) is 4.90 Å². The van der Waals surface area contributed by atoms with Crippen LogP contribution in [0.2, 0.25) is 0 Å². The van der Waals surface area contributed by atoms with E-state index in [0.717, 1.165) is 36.0 Å². The molecule has 2 amide bonds. The van der Waals surface area contributed by atoms with Gasteiger partial charge in [-0.25, -0.2) is 0 Å². The predicted molar refractivity (Wildman–Crippen MR) is 97.6 cm³/mol. The van der Waals surface area contributed by atoms with Crippen molar-refractivity contribution >= 4 is 29.6 Å². The molecule has 0 saturated heterocycles. The molecule has 1 aliphatic carbocycles. The van der Waals surface area contributed by atoms with Crippen LogP contribution >= 0.6 is 0 Å². The van der Waals surface area contributed by atoms with Crippen LogP contribution in [0.4, 0.5) is 0 Å². The summed E-state index contributed by atoms with van der Waals surface area (Å²) in [4.78, 5) is 48.5. The maximum absolute atomic E-state index is 12.6. The number of allylic oxidation sites excluding steroid dienone is 1. The number of primary amides is 1. The number of nitrogens with zero attached hydrogens (tertiary/aromatic N) is 1. The second kappa shape index (κ2) is 7.73. The minimum atomic E-state index is -1.04. The number of carbonyl (C=O) groups is 4. The Morgan fingerprint density at radius 3 is 2.63 bits per heavy atom. The Morgan fingerprint density at radius 1 is 1.22 bits per heavy atom. The van der Waals surface area contributed by atoms with Crippen LogP contribution in [-0.2, 0) is 20.9 Å². The summed E-state index contributed by atoms with van der Waals surface area (Å²) >= 11 is 0. The van der Waals surface area contributed by atoms with Gasteiger partial charge in [0.25, 0.3) is 5.91 Å². The molecule has 0 bridgehead atoms. The number of carboxylic acid groups (broad SMARTS) is 1. The van der Waals surface area contributed by atoms with E-state index in [4.69, 9.17) is 10.8 Å². The summed E-state index contributed by atoms with van der Waals surface area (Å²) in [5, 5.41) is 8.85. The maximum atomic E-state index is 12.6. The van der Waals surface area contributed by atoms with Crippen LogP contribution < -0.4 is 5.73 Å². The first-order valence-corrected chi connectivity index (χ1v) is 9.05. The molecule has 1 fully saturated rings. The fraction of sp³-hybridized carbons (Fsp3) is 0.400. The minimum Gasteiger partial charge on any atom is -0.481 e. The van der Waals surface area contributed by atoms with E-state index in [-0.39, 0.29) is 31.1 Å². The number of aliphatic carboxylic acids is 1. The number of rotatable bonds is 6. The zero-order chi connectivity index (χ0) is 19.6. The molecular weight excluding hydrogens is 348 g/mol. The Morgan fingerprint density at radius 2 is 1.96 bits per heavy atom. The Hall–Kier alpha value is -2.96. The van der Waals surface area contributed by atoms with E-state index < -0.39 is 17.9 Å². The van der Waals surface area contributed by atoms with E-state index >= 15 is 0 Å². The molecule has 1 aliphatic heterocycles. The zero-order valence-corrected chi connectivity index (χ0v) is 14.9. The van der Waals surface area contributed by atoms with Crippen LogP contribution in [0, 0.1) is 0 Å². The molecule has 1 heterocycles. The number of ketones is 1. The average molecular weight is 370 g/mol. The van der Waals surface area contributed by atoms with Gasteiger partial charge in [0, 0.05) is 24.9 Å². The van der Waals surface area contributed by atoms with Crippen LogP contribution in [0.1, 0.15) is 60.0 Å². The number of Topliss-reactive ketones (excluding diaryl/α,β-unsaturated/α-hetero) is 1. The Bertz CT molecular complexity index is 843. The Kier molecular flexibility index (Phi) is 5.39. The van der Waals surface area contributed by atoms with Gasteiger partial charge < -0.3 is 15.7 Å².